The number of rotatable bonds is 4. The lowest BCUT2D eigenvalue weighted by Gasteiger charge is -2.19. The molecule has 17 heavy (non-hydrogen) atoms. The highest BCUT2D eigenvalue weighted by Crippen LogP contribution is 2.33. The maximum Gasteiger partial charge on any atom is 0.0854 e. The molecule has 0 amide bonds. The molecular formula is C12H16ClN3S. The average molecular weight is 270 g/mol. The standard InChI is InChI=1S/C12H16ClN3S/c1-8(2)16-10(4-6-15-16)11(14-3)12-9(13)5-7-17-12/h4-8,11,14H,1-3H3. The average Bonchev–Trinajstić information content (AvgIpc) is 2.90. The van der Waals surface area contributed by atoms with Gasteiger partial charge in [-0.15, -0.1) is 11.3 Å². The molecule has 3 nitrogen and oxygen atoms in total. The van der Waals surface area contributed by atoms with Gasteiger partial charge in [-0.1, -0.05) is 11.6 Å². The zero-order valence-corrected chi connectivity index (χ0v) is 11.7. The van der Waals surface area contributed by atoms with E-state index in [9.17, 15) is 0 Å². The van der Waals surface area contributed by atoms with Crippen LogP contribution in [0.3, 0.4) is 0 Å². The summed E-state index contributed by atoms with van der Waals surface area (Å²) in [5, 5.41) is 10.5. The van der Waals surface area contributed by atoms with Crippen molar-refractivity contribution in [3.05, 3.63) is 39.3 Å². The molecule has 2 rings (SSSR count). The Labute approximate surface area is 110 Å². The van der Waals surface area contributed by atoms with Crippen molar-refractivity contribution in [2.24, 2.45) is 0 Å². The predicted molar refractivity (Wildman–Crippen MR) is 72.8 cm³/mol. The van der Waals surface area contributed by atoms with Crippen molar-refractivity contribution in [3.63, 3.8) is 0 Å². The van der Waals surface area contributed by atoms with E-state index in [4.69, 9.17) is 11.6 Å². The summed E-state index contributed by atoms with van der Waals surface area (Å²) in [6.45, 7) is 4.25. The fourth-order valence-corrected chi connectivity index (χ4v) is 3.20. The van der Waals surface area contributed by atoms with E-state index >= 15 is 0 Å². The van der Waals surface area contributed by atoms with Gasteiger partial charge in [-0.2, -0.15) is 5.10 Å². The van der Waals surface area contributed by atoms with Crippen molar-refractivity contribution in [2.75, 3.05) is 7.05 Å². The Morgan fingerprint density at radius 3 is 2.71 bits per heavy atom. The molecule has 0 radical (unpaired) electrons. The third kappa shape index (κ3) is 2.39. The van der Waals surface area contributed by atoms with Crippen LogP contribution in [0.5, 0.6) is 0 Å². The van der Waals surface area contributed by atoms with Crippen molar-refractivity contribution >= 4 is 22.9 Å². The second-order valence-corrected chi connectivity index (χ2v) is 5.50. The monoisotopic (exact) mass is 269 g/mol. The van der Waals surface area contributed by atoms with Crippen LogP contribution in [0.15, 0.2) is 23.7 Å². The van der Waals surface area contributed by atoms with Crippen LogP contribution in [0, 0.1) is 0 Å². The van der Waals surface area contributed by atoms with Crippen molar-refractivity contribution in [3.8, 4) is 0 Å². The summed E-state index contributed by atoms with van der Waals surface area (Å²) in [5.74, 6) is 0. The molecule has 0 aliphatic rings. The molecule has 0 aromatic carbocycles. The molecule has 0 spiro atoms. The third-order valence-electron chi connectivity index (χ3n) is 2.68. The smallest absolute Gasteiger partial charge is 0.0854 e. The predicted octanol–water partition coefficient (Wildman–Crippen LogP) is 3.49. The second-order valence-electron chi connectivity index (χ2n) is 4.15. The maximum atomic E-state index is 6.20. The van der Waals surface area contributed by atoms with Crippen LogP contribution >= 0.6 is 22.9 Å². The molecule has 0 aliphatic heterocycles. The molecular weight excluding hydrogens is 254 g/mol. The van der Waals surface area contributed by atoms with Gasteiger partial charge in [0.15, 0.2) is 0 Å². The fourth-order valence-electron chi connectivity index (χ4n) is 1.91. The Bertz CT molecular complexity index is 489. The molecule has 2 heterocycles. The van der Waals surface area contributed by atoms with Crippen LogP contribution in [0.4, 0.5) is 0 Å². The molecule has 0 saturated carbocycles. The fraction of sp³-hybridized carbons (Fsp3) is 0.417. The number of nitrogens with zero attached hydrogens (tertiary/aromatic N) is 2. The molecule has 5 heteroatoms. The third-order valence-corrected chi connectivity index (χ3v) is 4.10. The summed E-state index contributed by atoms with van der Waals surface area (Å²) < 4.78 is 2.03. The number of hydrogen-bond acceptors (Lipinski definition) is 3. The van der Waals surface area contributed by atoms with Gasteiger partial charge in [-0.25, -0.2) is 0 Å². The largest absolute Gasteiger partial charge is 0.307 e. The molecule has 2 aromatic heterocycles. The topological polar surface area (TPSA) is 29.9 Å². The van der Waals surface area contributed by atoms with Gasteiger partial charge < -0.3 is 5.32 Å². The lowest BCUT2D eigenvalue weighted by molar-refractivity contribution is 0.486. The summed E-state index contributed by atoms with van der Waals surface area (Å²) in [4.78, 5) is 1.14. The van der Waals surface area contributed by atoms with Crippen molar-refractivity contribution < 1.29 is 0 Å². The minimum atomic E-state index is 0.104. The van der Waals surface area contributed by atoms with Crippen LogP contribution in [0.25, 0.3) is 0 Å². The van der Waals surface area contributed by atoms with Crippen LogP contribution in [-0.2, 0) is 0 Å². The van der Waals surface area contributed by atoms with Gasteiger partial charge in [0.05, 0.1) is 16.8 Å². The summed E-state index contributed by atoms with van der Waals surface area (Å²) in [6, 6.07) is 4.42. The SMILES string of the molecule is CNC(c1sccc1Cl)c1ccnn1C(C)C. The molecule has 1 atom stereocenters. The van der Waals surface area contributed by atoms with Crippen molar-refractivity contribution in [1.29, 1.82) is 0 Å². The van der Waals surface area contributed by atoms with E-state index in [-0.39, 0.29) is 6.04 Å². The van der Waals surface area contributed by atoms with Gasteiger partial charge >= 0.3 is 0 Å². The Morgan fingerprint density at radius 1 is 1.41 bits per heavy atom. The quantitative estimate of drug-likeness (QED) is 0.921. The highest BCUT2D eigenvalue weighted by Gasteiger charge is 2.21. The van der Waals surface area contributed by atoms with Gasteiger partial charge in [0.1, 0.15) is 0 Å². The number of aromatic nitrogens is 2. The number of hydrogen-bond donors (Lipinski definition) is 1. The van der Waals surface area contributed by atoms with Gasteiger partial charge in [0, 0.05) is 17.1 Å². The first-order valence-corrected chi connectivity index (χ1v) is 6.84. The second kappa shape index (κ2) is 5.21. The highest BCUT2D eigenvalue weighted by atomic mass is 35.5. The first kappa shape index (κ1) is 12.6. The van der Waals surface area contributed by atoms with Gasteiger partial charge in [-0.3, -0.25) is 4.68 Å². The lowest BCUT2D eigenvalue weighted by atomic mass is 10.1. The van der Waals surface area contributed by atoms with Gasteiger partial charge in [0.2, 0.25) is 0 Å². The molecule has 0 aliphatic carbocycles. The van der Waals surface area contributed by atoms with Gasteiger partial charge in [-0.05, 0) is 38.4 Å². The van der Waals surface area contributed by atoms with E-state index in [0.717, 1.165) is 15.6 Å². The van der Waals surface area contributed by atoms with E-state index in [1.54, 1.807) is 11.3 Å². The summed E-state index contributed by atoms with van der Waals surface area (Å²) in [7, 11) is 1.94. The number of halogens is 1. The first-order valence-electron chi connectivity index (χ1n) is 5.58. The zero-order valence-electron chi connectivity index (χ0n) is 10.1. The minimum Gasteiger partial charge on any atom is -0.307 e. The van der Waals surface area contributed by atoms with Gasteiger partial charge in [0.25, 0.3) is 0 Å². The van der Waals surface area contributed by atoms with Crippen molar-refractivity contribution in [2.45, 2.75) is 25.9 Å². The van der Waals surface area contributed by atoms with Crippen LogP contribution < -0.4 is 5.32 Å². The van der Waals surface area contributed by atoms with E-state index in [1.807, 2.05) is 35.4 Å². The molecule has 1 N–H and O–H groups in total. The van der Waals surface area contributed by atoms with E-state index in [0.29, 0.717) is 6.04 Å². The minimum absolute atomic E-state index is 0.104. The summed E-state index contributed by atoms with van der Waals surface area (Å²) >= 11 is 7.87. The Balaban J connectivity index is 2.43. The van der Waals surface area contributed by atoms with Crippen molar-refractivity contribution in [1.82, 2.24) is 15.1 Å². The summed E-state index contributed by atoms with van der Waals surface area (Å²) in [5.41, 5.74) is 1.15. The van der Waals surface area contributed by atoms with Crippen LogP contribution in [0.2, 0.25) is 5.02 Å². The Morgan fingerprint density at radius 2 is 2.18 bits per heavy atom. The van der Waals surface area contributed by atoms with E-state index in [1.165, 1.54) is 0 Å². The van der Waals surface area contributed by atoms with E-state index < -0.39 is 0 Å². The lowest BCUT2D eigenvalue weighted by Crippen LogP contribution is -2.21. The number of nitrogens with one attached hydrogen (secondary N) is 1. The Hall–Kier alpha value is -0.840. The first-order chi connectivity index (χ1) is 8.15. The Kier molecular flexibility index (Phi) is 3.86. The molecule has 0 bridgehead atoms. The summed E-state index contributed by atoms with van der Waals surface area (Å²) in [6.07, 6.45) is 1.83. The molecule has 0 saturated heterocycles. The molecule has 1 unspecified atom stereocenters. The molecule has 92 valence electrons. The highest BCUT2D eigenvalue weighted by molar-refractivity contribution is 7.10. The number of thiophene rings is 1. The van der Waals surface area contributed by atoms with Crippen LogP contribution in [0.1, 0.15) is 36.5 Å². The van der Waals surface area contributed by atoms with E-state index in [2.05, 4.69) is 24.3 Å². The molecule has 2 aromatic rings. The van der Waals surface area contributed by atoms with Crippen LogP contribution in [-0.4, -0.2) is 16.8 Å². The maximum absolute atomic E-state index is 6.20. The zero-order chi connectivity index (χ0) is 12.4. The normalized spacial score (nSPS) is 13.2. The molecule has 0 fully saturated rings.